The lowest BCUT2D eigenvalue weighted by Crippen LogP contribution is -0.382. The summed E-state index contributed by atoms with van der Waals surface area (Å²) in [5.74, 6) is 0. The molecule has 9 radical (unpaired) electrons. The maximum Gasteiger partial charge on any atom is 0.187 e. The van der Waals surface area contributed by atoms with E-state index in [0.29, 0.717) is 0 Å². The Morgan fingerprint density at radius 1 is 0.600 bits per heavy atom. The maximum atomic E-state index is 0. The number of halogens is 1. The summed E-state index contributed by atoms with van der Waals surface area (Å²) in [5.41, 5.74) is 0. The molecule has 0 rings (SSSR count). The highest BCUT2D eigenvalue weighted by Gasteiger charge is 0.187. The minimum absolute atomic E-state index is 0. The predicted octanol–water partition coefficient (Wildman–Crippen LogP) is -1.90. The molecular formula is H4AlB3Cl. The first-order chi connectivity index (χ1) is 0. The first-order valence-corrected chi connectivity index (χ1v) is 0. The van der Waals surface area contributed by atoms with E-state index in [1.54, 1.807) is 0 Å². The molecule has 0 N–H and O–H groups in total. The Balaban J connectivity index is 0. The fraction of sp³-hybridized carbons (Fsp3) is 0. The summed E-state index contributed by atoms with van der Waals surface area (Å²) in [6.07, 6.45) is 0. The molecule has 0 saturated heterocycles. The van der Waals surface area contributed by atoms with Gasteiger partial charge in [0.1, 0.15) is 0 Å². The molecule has 0 heterocycles. The summed E-state index contributed by atoms with van der Waals surface area (Å²) in [5, 5.41) is 0. The average Bonchev–Trinajstić information content (AvgIpc) is 0. The van der Waals surface area contributed by atoms with Gasteiger partial charge in [0, 0.05) is 25.2 Å². The van der Waals surface area contributed by atoms with Crippen molar-refractivity contribution in [2.45, 2.75) is 0 Å². The van der Waals surface area contributed by atoms with Gasteiger partial charge in [-0.25, -0.2) is 0 Å². The predicted molar refractivity (Wildman–Crippen MR) is 34.4 cm³/mol. The lowest BCUT2D eigenvalue weighted by molar-refractivity contribution is 5.75. The van der Waals surface area contributed by atoms with Crippen molar-refractivity contribution in [2.75, 3.05) is 0 Å². The largest absolute Gasteiger partial charge is 0.187 e. The van der Waals surface area contributed by atoms with Gasteiger partial charge in [-0.2, -0.15) is 0 Å². The smallest absolute Gasteiger partial charge is 0.147 e. The van der Waals surface area contributed by atoms with Crippen LogP contribution in [0.25, 0.3) is 0 Å². The quantitative estimate of drug-likeness (QED) is 0.311. The van der Waals surface area contributed by atoms with Crippen LogP contribution in [0.15, 0.2) is 0 Å². The van der Waals surface area contributed by atoms with Crippen LogP contribution in [0.5, 0.6) is 0 Å². The van der Waals surface area contributed by atoms with Gasteiger partial charge in [0.15, 0.2) is 17.4 Å². The van der Waals surface area contributed by atoms with E-state index >= 15 is 0 Å². The molecule has 0 saturated carbocycles. The molecule has 0 aromatic rings. The molecule has 0 aliphatic heterocycles. The Kier molecular flexibility index (Phi) is 2290. The van der Waals surface area contributed by atoms with Crippen LogP contribution in [0.2, 0.25) is 0 Å². The summed E-state index contributed by atoms with van der Waals surface area (Å²) in [4.78, 5) is 0. The first kappa shape index (κ1) is 146. The van der Waals surface area contributed by atoms with Crippen LogP contribution in [-0.2, 0) is 0 Å². The Hall–Kier alpha value is 1.02. The molecule has 0 amide bonds. The summed E-state index contributed by atoms with van der Waals surface area (Å²) in [6.45, 7) is 0. The fourth-order valence-corrected chi connectivity index (χ4v) is 0. The van der Waals surface area contributed by atoms with E-state index < -0.39 is 0 Å². The van der Waals surface area contributed by atoms with Crippen LogP contribution in [0, 0.1) is 0 Å². The van der Waals surface area contributed by atoms with Crippen LogP contribution in [0.1, 0.15) is 0 Å². The van der Waals surface area contributed by atoms with Gasteiger partial charge in [0.05, 0.1) is 0 Å². The third-order valence-electron chi connectivity index (χ3n) is 0. The molecule has 0 aromatic carbocycles. The van der Waals surface area contributed by atoms with Crippen molar-refractivity contribution < 1.29 is 0 Å². The average molecular weight is 98.9 g/mol. The summed E-state index contributed by atoms with van der Waals surface area (Å²) in [6, 6.07) is 0. The lowest BCUT2D eigenvalue weighted by Gasteiger charge is -0.147. The Morgan fingerprint density at radius 2 is 0.600 bits per heavy atom. The van der Waals surface area contributed by atoms with E-state index in [-0.39, 0.29) is 55.0 Å². The Labute approximate surface area is 55.4 Å². The van der Waals surface area contributed by atoms with E-state index in [2.05, 4.69) is 0 Å². The van der Waals surface area contributed by atoms with Crippen LogP contribution in [-0.4, -0.2) is 42.6 Å². The zero-order valence-corrected chi connectivity index (χ0v) is 2.96. The molecule has 5 heteroatoms. The third kappa shape index (κ3) is 44.1. The summed E-state index contributed by atoms with van der Waals surface area (Å²) in [7, 11) is 0. The second-order valence-electron chi connectivity index (χ2n) is 0. The summed E-state index contributed by atoms with van der Waals surface area (Å²) < 4.78 is 0. The van der Waals surface area contributed by atoms with Gasteiger partial charge >= 0.3 is 0 Å². The first-order valence-electron chi connectivity index (χ1n) is 0. The molecule has 0 atom stereocenters. The molecule has 0 unspecified atom stereocenters. The van der Waals surface area contributed by atoms with Crippen molar-refractivity contribution in [1.29, 1.82) is 0 Å². The monoisotopic (exact) mass is 99.0 g/mol. The van der Waals surface area contributed by atoms with Crippen LogP contribution in [0.4, 0.5) is 0 Å². The number of rotatable bonds is 0. The highest BCUT2D eigenvalue weighted by molar-refractivity contribution is 5.85. The standard InChI is InChI=1S/Al.3B.ClH.3H/h;;;;1H;;;. The van der Waals surface area contributed by atoms with Gasteiger partial charge in [-0.05, 0) is 0 Å². The van der Waals surface area contributed by atoms with Crippen LogP contribution < -0.4 is 0 Å². The zero-order valence-electron chi connectivity index (χ0n) is 2.14. The maximum absolute atomic E-state index is 0. The molecule has 23 valence electrons. The van der Waals surface area contributed by atoms with Crippen molar-refractivity contribution in [3.63, 3.8) is 0 Å². The molecule has 0 bridgehead atoms. The van der Waals surface area contributed by atoms with Gasteiger partial charge in [-0.1, -0.05) is 0 Å². The van der Waals surface area contributed by atoms with Crippen LogP contribution >= 0.6 is 12.4 Å². The minimum atomic E-state index is 0. The molecule has 0 aliphatic rings. The molecule has 0 aromatic heterocycles. The van der Waals surface area contributed by atoms with Crippen molar-refractivity contribution in [3.8, 4) is 0 Å². The van der Waals surface area contributed by atoms with Gasteiger partial charge < -0.3 is 0 Å². The fourth-order valence-electron chi connectivity index (χ4n) is 0. The number of hydrogen-bond donors (Lipinski definition) is 0. The van der Waals surface area contributed by atoms with Crippen molar-refractivity contribution in [3.05, 3.63) is 0 Å². The topological polar surface area (TPSA) is 0 Å². The number of hydrogen-bond acceptors (Lipinski definition) is 0. The van der Waals surface area contributed by atoms with Gasteiger partial charge in [0.25, 0.3) is 0 Å². The van der Waals surface area contributed by atoms with Crippen molar-refractivity contribution in [1.82, 2.24) is 0 Å². The lowest BCUT2D eigenvalue weighted by atomic mass is 10.8. The van der Waals surface area contributed by atoms with E-state index in [1.807, 2.05) is 0 Å². The van der Waals surface area contributed by atoms with E-state index in [9.17, 15) is 0 Å². The van der Waals surface area contributed by atoms with Crippen molar-refractivity contribution >= 4 is 55.0 Å². The molecule has 0 fully saturated rings. The molecule has 0 nitrogen and oxygen atoms in total. The highest BCUT2D eigenvalue weighted by Crippen LogP contribution is 0.690. The van der Waals surface area contributed by atoms with Crippen molar-refractivity contribution in [2.24, 2.45) is 0 Å². The SMILES string of the molecule is Cl.[AlH3].[B].[B].[B]. The normalized spacial score (nSPS) is 0. The third-order valence-corrected chi connectivity index (χ3v) is 0. The van der Waals surface area contributed by atoms with E-state index in [4.69, 9.17) is 0 Å². The Bertz CT molecular complexity index is 6.85. The Morgan fingerprint density at radius 3 is 0.600 bits per heavy atom. The highest BCUT2D eigenvalue weighted by atomic mass is 35.5. The molecule has 0 aliphatic carbocycles. The van der Waals surface area contributed by atoms with E-state index in [0.717, 1.165) is 0 Å². The summed E-state index contributed by atoms with van der Waals surface area (Å²) >= 11 is 0. The van der Waals surface area contributed by atoms with Gasteiger partial charge in [-0.15, -0.1) is 12.4 Å². The van der Waals surface area contributed by atoms with E-state index in [1.165, 1.54) is 0 Å². The minimum Gasteiger partial charge on any atom is -0.147 e. The van der Waals surface area contributed by atoms with Gasteiger partial charge in [-0.3, -0.25) is 0 Å². The molecule has 0 spiro atoms. The van der Waals surface area contributed by atoms with Crippen LogP contribution in [0.3, 0.4) is 0 Å². The van der Waals surface area contributed by atoms with Gasteiger partial charge in [0.2, 0.25) is 0 Å². The molecule has 5 heavy (non-hydrogen) atoms. The molecular weight excluding hydrogens is 94.9 g/mol. The second kappa shape index (κ2) is 78.2. The zero-order chi connectivity index (χ0) is 0. The second-order valence-corrected chi connectivity index (χ2v) is 0.